The van der Waals surface area contributed by atoms with Crippen molar-refractivity contribution < 1.29 is 23.8 Å². The number of fused-ring (bicyclic) bond motifs is 1. The normalized spacial score (nSPS) is 12.3. The maximum Gasteiger partial charge on any atom is 0.338 e. The molecule has 0 N–H and O–H groups in total. The summed E-state index contributed by atoms with van der Waals surface area (Å²) >= 11 is 0. The van der Waals surface area contributed by atoms with Gasteiger partial charge in [0.2, 0.25) is 0 Å². The van der Waals surface area contributed by atoms with E-state index in [2.05, 4.69) is 5.10 Å². The van der Waals surface area contributed by atoms with Gasteiger partial charge in [-0.25, -0.2) is 9.48 Å². The van der Waals surface area contributed by atoms with Crippen molar-refractivity contribution in [3.05, 3.63) is 71.5 Å². The molecule has 0 aliphatic carbocycles. The minimum absolute atomic E-state index is 0.299. The molecule has 1 aliphatic rings. The molecular weight excluding hydrogens is 398 g/mol. The van der Waals surface area contributed by atoms with Gasteiger partial charge in [0.05, 0.1) is 11.3 Å². The van der Waals surface area contributed by atoms with Gasteiger partial charge in [0.25, 0.3) is 5.91 Å². The predicted octanol–water partition coefficient (Wildman–Crippen LogP) is 2.77. The van der Waals surface area contributed by atoms with Gasteiger partial charge in [0.15, 0.2) is 18.1 Å². The van der Waals surface area contributed by atoms with Crippen LogP contribution in [0.5, 0.6) is 11.5 Å². The van der Waals surface area contributed by atoms with Crippen molar-refractivity contribution >= 4 is 11.9 Å². The van der Waals surface area contributed by atoms with E-state index >= 15 is 0 Å². The fraction of sp³-hybridized carbons (Fsp3) is 0.261. The molecule has 1 aliphatic heterocycles. The van der Waals surface area contributed by atoms with Crippen LogP contribution in [0, 0.1) is 6.92 Å². The highest BCUT2D eigenvalue weighted by molar-refractivity contribution is 5.91. The fourth-order valence-electron chi connectivity index (χ4n) is 3.25. The standard InChI is InChI=1S/C23H23N3O5/c1-16-9-10-24-26(16)19-6-4-18(5-7-19)23(28)31-15-22(27)25(2)14-17-3-8-20-21(13-17)30-12-11-29-20/h3-10,13H,11-12,14-15H2,1-2H3. The minimum Gasteiger partial charge on any atom is -0.486 e. The first-order valence-electron chi connectivity index (χ1n) is 9.92. The lowest BCUT2D eigenvalue weighted by Crippen LogP contribution is -2.30. The zero-order valence-electron chi connectivity index (χ0n) is 17.4. The molecule has 1 aromatic heterocycles. The Hall–Kier alpha value is -3.81. The van der Waals surface area contributed by atoms with Crippen LogP contribution >= 0.6 is 0 Å². The molecule has 8 heteroatoms. The average molecular weight is 421 g/mol. The number of likely N-dealkylation sites (N-methyl/N-ethyl adjacent to an activating group) is 1. The van der Waals surface area contributed by atoms with Gasteiger partial charge in [-0.15, -0.1) is 0 Å². The Morgan fingerprint density at radius 2 is 1.81 bits per heavy atom. The first kappa shape index (κ1) is 20.5. The van der Waals surface area contributed by atoms with Crippen molar-refractivity contribution in [2.45, 2.75) is 13.5 Å². The molecule has 0 spiro atoms. The van der Waals surface area contributed by atoms with E-state index in [1.165, 1.54) is 4.90 Å². The first-order chi connectivity index (χ1) is 15.0. The fourth-order valence-corrected chi connectivity index (χ4v) is 3.25. The number of amides is 1. The lowest BCUT2D eigenvalue weighted by molar-refractivity contribution is -0.133. The maximum atomic E-state index is 12.4. The number of hydrogen-bond donors (Lipinski definition) is 0. The summed E-state index contributed by atoms with van der Waals surface area (Å²) in [7, 11) is 1.66. The highest BCUT2D eigenvalue weighted by Gasteiger charge is 2.16. The van der Waals surface area contributed by atoms with E-state index in [-0.39, 0.29) is 12.5 Å². The molecule has 8 nitrogen and oxygen atoms in total. The van der Waals surface area contributed by atoms with Crippen LogP contribution < -0.4 is 9.47 Å². The number of aryl methyl sites for hydroxylation is 1. The van der Waals surface area contributed by atoms with Gasteiger partial charge in [0.1, 0.15) is 13.2 Å². The molecule has 31 heavy (non-hydrogen) atoms. The largest absolute Gasteiger partial charge is 0.486 e. The third-order valence-electron chi connectivity index (χ3n) is 4.96. The molecule has 1 amide bonds. The molecule has 0 bridgehead atoms. The summed E-state index contributed by atoms with van der Waals surface area (Å²) in [5.41, 5.74) is 3.10. The number of rotatable bonds is 6. The van der Waals surface area contributed by atoms with Gasteiger partial charge in [-0.05, 0) is 55.0 Å². The van der Waals surface area contributed by atoms with Crippen LogP contribution in [0.2, 0.25) is 0 Å². The summed E-state index contributed by atoms with van der Waals surface area (Å²) in [5.74, 6) is 0.522. The summed E-state index contributed by atoms with van der Waals surface area (Å²) < 4.78 is 18.0. The van der Waals surface area contributed by atoms with Crippen molar-refractivity contribution in [2.75, 3.05) is 26.9 Å². The van der Waals surface area contributed by atoms with Crippen molar-refractivity contribution in [3.63, 3.8) is 0 Å². The topological polar surface area (TPSA) is 82.9 Å². The molecule has 2 heterocycles. The van der Waals surface area contributed by atoms with Gasteiger partial charge in [-0.2, -0.15) is 5.10 Å². The quantitative estimate of drug-likeness (QED) is 0.569. The van der Waals surface area contributed by atoms with Crippen molar-refractivity contribution in [2.24, 2.45) is 0 Å². The zero-order chi connectivity index (χ0) is 21.8. The summed E-state index contributed by atoms with van der Waals surface area (Å²) in [5, 5.41) is 4.23. The molecule has 0 atom stereocenters. The van der Waals surface area contributed by atoms with Gasteiger partial charge < -0.3 is 19.1 Å². The summed E-state index contributed by atoms with van der Waals surface area (Å²) in [4.78, 5) is 26.2. The van der Waals surface area contributed by atoms with Gasteiger partial charge in [0, 0.05) is 25.5 Å². The zero-order valence-corrected chi connectivity index (χ0v) is 17.4. The Balaban J connectivity index is 1.30. The van der Waals surface area contributed by atoms with Crippen molar-refractivity contribution in [1.29, 1.82) is 0 Å². The van der Waals surface area contributed by atoms with Crippen LogP contribution in [0.1, 0.15) is 21.6 Å². The molecule has 0 saturated carbocycles. The molecule has 0 saturated heterocycles. The van der Waals surface area contributed by atoms with Gasteiger partial charge in [-0.1, -0.05) is 6.07 Å². The summed E-state index contributed by atoms with van der Waals surface area (Å²) in [6.07, 6.45) is 1.71. The monoisotopic (exact) mass is 421 g/mol. The Morgan fingerprint density at radius 1 is 1.06 bits per heavy atom. The van der Waals surface area contributed by atoms with E-state index < -0.39 is 5.97 Å². The van der Waals surface area contributed by atoms with E-state index in [1.54, 1.807) is 42.2 Å². The van der Waals surface area contributed by atoms with E-state index in [4.69, 9.17) is 14.2 Å². The molecule has 4 rings (SSSR count). The lowest BCUT2D eigenvalue weighted by atomic mass is 10.2. The molecular formula is C23H23N3O5. The third kappa shape index (κ3) is 4.69. The van der Waals surface area contributed by atoms with Crippen LogP contribution in [0.3, 0.4) is 0 Å². The average Bonchev–Trinajstić information content (AvgIpc) is 3.23. The van der Waals surface area contributed by atoms with E-state index in [9.17, 15) is 9.59 Å². The molecule has 0 radical (unpaired) electrons. The number of hydrogen-bond acceptors (Lipinski definition) is 6. The number of ether oxygens (including phenoxy) is 3. The predicted molar refractivity (Wildman–Crippen MR) is 112 cm³/mol. The minimum atomic E-state index is -0.551. The van der Waals surface area contributed by atoms with Crippen LogP contribution in [0.15, 0.2) is 54.7 Å². The lowest BCUT2D eigenvalue weighted by Gasteiger charge is -2.21. The Morgan fingerprint density at radius 3 is 2.52 bits per heavy atom. The molecule has 0 unspecified atom stereocenters. The molecule has 160 valence electrons. The second kappa shape index (κ2) is 8.91. The molecule has 2 aromatic carbocycles. The second-order valence-corrected chi connectivity index (χ2v) is 7.24. The molecule has 0 fully saturated rings. The van der Waals surface area contributed by atoms with Crippen molar-refractivity contribution in [3.8, 4) is 17.2 Å². The van der Waals surface area contributed by atoms with Gasteiger partial charge in [-0.3, -0.25) is 4.79 Å². The maximum absolute atomic E-state index is 12.4. The van der Waals surface area contributed by atoms with Crippen LogP contribution in [-0.2, 0) is 16.1 Å². The van der Waals surface area contributed by atoms with Crippen molar-refractivity contribution in [1.82, 2.24) is 14.7 Å². The highest BCUT2D eigenvalue weighted by atomic mass is 16.6. The van der Waals surface area contributed by atoms with Crippen LogP contribution in [-0.4, -0.2) is 53.4 Å². The smallest absolute Gasteiger partial charge is 0.338 e. The number of esters is 1. The van der Waals surface area contributed by atoms with Crippen LogP contribution in [0.4, 0.5) is 0 Å². The first-order valence-corrected chi connectivity index (χ1v) is 9.92. The Kier molecular flexibility index (Phi) is 5.88. The Bertz CT molecular complexity index is 1090. The Labute approximate surface area is 179 Å². The van der Waals surface area contributed by atoms with E-state index in [0.29, 0.717) is 36.8 Å². The number of nitrogens with zero attached hydrogens (tertiary/aromatic N) is 3. The SMILES string of the molecule is Cc1ccnn1-c1ccc(C(=O)OCC(=O)N(C)Cc2ccc3c(c2)OCCO3)cc1. The number of benzene rings is 2. The number of carbonyl (C=O) groups excluding carboxylic acids is 2. The van der Waals surface area contributed by atoms with Crippen LogP contribution in [0.25, 0.3) is 5.69 Å². The van der Waals surface area contributed by atoms with E-state index in [0.717, 1.165) is 16.9 Å². The second-order valence-electron chi connectivity index (χ2n) is 7.24. The summed E-state index contributed by atoms with van der Waals surface area (Å²) in [6, 6.07) is 14.3. The highest BCUT2D eigenvalue weighted by Crippen LogP contribution is 2.31. The summed E-state index contributed by atoms with van der Waals surface area (Å²) in [6.45, 7) is 3.01. The van der Waals surface area contributed by atoms with E-state index in [1.807, 2.05) is 31.2 Å². The third-order valence-corrected chi connectivity index (χ3v) is 4.96. The van der Waals surface area contributed by atoms with Gasteiger partial charge >= 0.3 is 5.97 Å². The number of aromatic nitrogens is 2. The molecule has 3 aromatic rings. The number of carbonyl (C=O) groups is 2.